The van der Waals surface area contributed by atoms with E-state index in [-0.39, 0.29) is 23.3 Å². The van der Waals surface area contributed by atoms with Gasteiger partial charge in [-0.05, 0) is 69.3 Å². The van der Waals surface area contributed by atoms with Gasteiger partial charge in [0.05, 0.1) is 4.90 Å². The lowest BCUT2D eigenvalue weighted by molar-refractivity contribution is -0.123. The standard InChI is InChI=1S/C24H26N2O7S/c1-16(2)26-34(29,30)21-12-9-18(10-13-21)25-23(27)17(3)32-24(28)22-14-11-20(33-22)15-31-19-7-5-4-6-8-19/h4-14,16-17,26H,15H2,1-3H3,(H,25,27). The third-order valence-corrected chi connectivity index (χ3v) is 6.14. The minimum atomic E-state index is -3.64. The van der Waals surface area contributed by atoms with E-state index in [2.05, 4.69) is 10.0 Å². The van der Waals surface area contributed by atoms with Crippen LogP contribution in [0.3, 0.4) is 0 Å². The molecule has 1 atom stereocenters. The van der Waals surface area contributed by atoms with Gasteiger partial charge in [-0.15, -0.1) is 0 Å². The van der Waals surface area contributed by atoms with Crippen LogP contribution in [0.2, 0.25) is 0 Å². The fourth-order valence-electron chi connectivity index (χ4n) is 2.85. The molecule has 34 heavy (non-hydrogen) atoms. The van der Waals surface area contributed by atoms with Gasteiger partial charge in [-0.25, -0.2) is 17.9 Å². The van der Waals surface area contributed by atoms with E-state index in [9.17, 15) is 18.0 Å². The number of anilines is 1. The van der Waals surface area contributed by atoms with E-state index in [4.69, 9.17) is 13.9 Å². The maximum Gasteiger partial charge on any atom is 0.375 e. The summed E-state index contributed by atoms with van der Waals surface area (Å²) >= 11 is 0. The molecule has 0 aliphatic carbocycles. The maximum absolute atomic E-state index is 12.4. The summed E-state index contributed by atoms with van der Waals surface area (Å²) in [6, 6.07) is 17.6. The average molecular weight is 487 g/mol. The smallest absolute Gasteiger partial charge is 0.375 e. The van der Waals surface area contributed by atoms with Crippen LogP contribution in [0.1, 0.15) is 37.1 Å². The van der Waals surface area contributed by atoms with Crippen LogP contribution in [0.25, 0.3) is 0 Å². The number of esters is 1. The van der Waals surface area contributed by atoms with E-state index < -0.39 is 28.0 Å². The summed E-state index contributed by atoms with van der Waals surface area (Å²) in [5.74, 6) is -0.346. The highest BCUT2D eigenvalue weighted by molar-refractivity contribution is 7.89. The third kappa shape index (κ3) is 6.93. The summed E-state index contributed by atoms with van der Waals surface area (Å²) in [6.45, 7) is 4.99. The number of para-hydroxylation sites is 1. The number of nitrogens with one attached hydrogen (secondary N) is 2. The first-order chi connectivity index (χ1) is 16.1. The van der Waals surface area contributed by atoms with E-state index in [0.717, 1.165) is 0 Å². The first-order valence-corrected chi connectivity index (χ1v) is 12.0. The van der Waals surface area contributed by atoms with Crippen molar-refractivity contribution in [3.05, 3.63) is 78.3 Å². The quantitative estimate of drug-likeness (QED) is 0.419. The molecule has 180 valence electrons. The summed E-state index contributed by atoms with van der Waals surface area (Å²) in [7, 11) is -3.64. The predicted octanol–water partition coefficient (Wildman–Crippen LogP) is 3.73. The molecule has 0 saturated carbocycles. The van der Waals surface area contributed by atoms with Crippen LogP contribution in [0.15, 0.2) is 76.0 Å². The Hall–Kier alpha value is -3.63. The van der Waals surface area contributed by atoms with Crippen LogP contribution in [0, 0.1) is 0 Å². The fourth-order valence-corrected chi connectivity index (χ4v) is 4.10. The lowest BCUT2D eigenvalue weighted by Gasteiger charge is -2.13. The van der Waals surface area contributed by atoms with Crippen molar-refractivity contribution in [2.24, 2.45) is 0 Å². The summed E-state index contributed by atoms with van der Waals surface area (Å²) in [4.78, 5) is 24.8. The molecular formula is C24H26N2O7S. The normalized spacial score (nSPS) is 12.2. The molecule has 0 aliphatic heterocycles. The lowest BCUT2D eigenvalue weighted by Crippen LogP contribution is -2.30. The molecule has 2 N–H and O–H groups in total. The Bertz CT molecular complexity index is 1220. The fraction of sp³-hybridized carbons (Fsp3) is 0.250. The van der Waals surface area contributed by atoms with Crippen molar-refractivity contribution in [3.63, 3.8) is 0 Å². The number of carbonyl (C=O) groups is 2. The molecule has 0 saturated heterocycles. The Morgan fingerprint density at radius 2 is 1.62 bits per heavy atom. The van der Waals surface area contributed by atoms with Gasteiger partial charge in [0.1, 0.15) is 18.1 Å². The molecule has 1 unspecified atom stereocenters. The van der Waals surface area contributed by atoms with Crippen LogP contribution >= 0.6 is 0 Å². The first kappa shape index (κ1) is 25.0. The zero-order valence-electron chi connectivity index (χ0n) is 19.0. The Balaban J connectivity index is 1.52. The molecule has 2 aromatic carbocycles. The van der Waals surface area contributed by atoms with Crippen molar-refractivity contribution < 1.29 is 31.9 Å². The number of hydrogen-bond donors (Lipinski definition) is 2. The van der Waals surface area contributed by atoms with Crippen LogP contribution < -0.4 is 14.8 Å². The van der Waals surface area contributed by atoms with Crippen LogP contribution in [-0.4, -0.2) is 32.4 Å². The van der Waals surface area contributed by atoms with Gasteiger partial charge in [0.2, 0.25) is 15.8 Å². The van der Waals surface area contributed by atoms with Gasteiger partial charge in [-0.3, -0.25) is 4.79 Å². The highest BCUT2D eigenvalue weighted by Gasteiger charge is 2.22. The van der Waals surface area contributed by atoms with Gasteiger partial charge in [-0.1, -0.05) is 18.2 Å². The van der Waals surface area contributed by atoms with Gasteiger partial charge >= 0.3 is 5.97 Å². The summed E-state index contributed by atoms with van der Waals surface area (Å²) < 4.78 is 43.0. The van der Waals surface area contributed by atoms with Gasteiger partial charge in [0.15, 0.2) is 6.10 Å². The third-order valence-electron chi connectivity index (χ3n) is 4.46. The van der Waals surface area contributed by atoms with Gasteiger partial charge in [0.25, 0.3) is 5.91 Å². The molecule has 9 nitrogen and oxygen atoms in total. The summed E-state index contributed by atoms with van der Waals surface area (Å²) in [5, 5.41) is 2.58. The zero-order valence-corrected chi connectivity index (χ0v) is 19.8. The molecule has 1 amide bonds. The van der Waals surface area contributed by atoms with Crippen molar-refractivity contribution in [1.82, 2.24) is 4.72 Å². The summed E-state index contributed by atoms with van der Waals surface area (Å²) in [5.41, 5.74) is 0.356. The zero-order chi connectivity index (χ0) is 24.7. The number of amides is 1. The molecule has 0 fully saturated rings. The van der Waals surface area contributed by atoms with Crippen LogP contribution in [-0.2, 0) is 26.2 Å². The van der Waals surface area contributed by atoms with Crippen LogP contribution in [0.4, 0.5) is 5.69 Å². The SMILES string of the molecule is CC(C)NS(=O)(=O)c1ccc(NC(=O)C(C)OC(=O)c2ccc(COc3ccccc3)o2)cc1. The molecule has 3 aromatic rings. The minimum absolute atomic E-state index is 0.0569. The number of hydrogen-bond acceptors (Lipinski definition) is 7. The van der Waals surface area contributed by atoms with Crippen molar-refractivity contribution in [2.45, 2.75) is 44.4 Å². The molecule has 0 spiro atoms. The molecule has 0 radical (unpaired) electrons. The van der Waals surface area contributed by atoms with Gasteiger partial charge in [0, 0.05) is 11.7 Å². The first-order valence-electron chi connectivity index (χ1n) is 10.5. The molecule has 1 aromatic heterocycles. The van der Waals surface area contributed by atoms with Crippen molar-refractivity contribution in [1.29, 1.82) is 0 Å². The summed E-state index contributed by atoms with van der Waals surface area (Å²) in [6.07, 6.45) is -1.12. The van der Waals surface area contributed by atoms with Crippen LogP contribution in [0.5, 0.6) is 5.75 Å². The largest absolute Gasteiger partial charge is 0.486 e. The number of sulfonamides is 1. The number of furan rings is 1. The molecule has 0 bridgehead atoms. The topological polar surface area (TPSA) is 124 Å². The Kier molecular flexibility index (Phi) is 8.08. The number of ether oxygens (including phenoxy) is 2. The molecule has 10 heteroatoms. The van der Waals surface area contributed by atoms with E-state index in [1.807, 2.05) is 18.2 Å². The monoisotopic (exact) mass is 486 g/mol. The minimum Gasteiger partial charge on any atom is -0.486 e. The van der Waals surface area contributed by atoms with Crippen molar-refractivity contribution in [3.8, 4) is 5.75 Å². The average Bonchev–Trinajstić information content (AvgIpc) is 3.27. The Morgan fingerprint density at radius 1 is 0.941 bits per heavy atom. The van der Waals surface area contributed by atoms with Gasteiger partial charge in [-0.2, -0.15) is 0 Å². The number of rotatable bonds is 10. The van der Waals surface area contributed by atoms with E-state index in [0.29, 0.717) is 17.2 Å². The molecular weight excluding hydrogens is 460 g/mol. The second-order valence-corrected chi connectivity index (χ2v) is 9.42. The van der Waals surface area contributed by atoms with E-state index in [1.54, 1.807) is 32.0 Å². The van der Waals surface area contributed by atoms with Gasteiger partial charge < -0.3 is 19.2 Å². The Labute approximate surface area is 198 Å². The maximum atomic E-state index is 12.4. The highest BCUT2D eigenvalue weighted by Crippen LogP contribution is 2.17. The molecule has 3 rings (SSSR count). The van der Waals surface area contributed by atoms with Crippen molar-refractivity contribution >= 4 is 27.6 Å². The molecule has 1 heterocycles. The van der Waals surface area contributed by atoms with E-state index >= 15 is 0 Å². The number of benzene rings is 2. The second kappa shape index (κ2) is 11.0. The predicted molar refractivity (Wildman–Crippen MR) is 125 cm³/mol. The second-order valence-electron chi connectivity index (χ2n) is 7.70. The van der Waals surface area contributed by atoms with E-state index in [1.165, 1.54) is 37.3 Å². The highest BCUT2D eigenvalue weighted by atomic mass is 32.2. The number of carbonyl (C=O) groups excluding carboxylic acids is 2. The lowest BCUT2D eigenvalue weighted by atomic mass is 10.3. The van der Waals surface area contributed by atoms with Crippen molar-refractivity contribution in [2.75, 3.05) is 5.32 Å². The molecule has 0 aliphatic rings. The Morgan fingerprint density at radius 3 is 2.26 bits per heavy atom.